The number of rotatable bonds is 2. The molecule has 0 unspecified atom stereocenters. The van der Waals surface area contributed by atoms with Gasteiger partial charge in [0.15, 0.2) is 0 Å². The third kappa shape index (κ3) is 2.81. The Balaban J connectivity index is 1.62. The van der Waals surface area contributed by atoms with Gasteiger partial charge in [-0.15, -0.1) is 0 Å². The van der Waals surface area contributed by atoms with E-state index in [0.717, 1.165) is 41.9 Å². The molecule has 0 radical (unpaired) electrons. The van der Waals surface area contributed by atoms with Crippen molar-refractivity contribution in [3.63, 3.8) is 0 Å². The molecule has 1 fully saturated rings. The Bertz CT molecular complexity index is 884. The molecule has 25 heavy (non-hydrogen) atoms. The second kappa shape index (κ2) is 5.72. The molecule has 1 atom stereocenters. The number of para-hydroxylation sites is 2. The number of fused-ring (bicyclic) bond motifs is 1. The third-order valence-electron chi connectivity index (χ3n) is 4.84. The number of H-pyrrole nitrogens is 2. The Kier molecular flexibility index (Phi) is 3.63. The SMILES string of the molecule is CC(C)(C)c1cc(C(=O)N2CCC[C@H]2c2nc3ccccc3[nH]2)n[nH]1. The zero-order valence-corrected chi connectivity index (χ0v) is 14.8. The summed E-state index contributed by atoms with van der Waals surface area (Å²) < 4.78 is 0. The van der Waals surface area contributed by atoms with E-state index in [1.165, 1.54) is 0 Å². The van der Waals surface area contributed by atoms with E-state index in [2.05, 4.69) is 40.9 Å². The largest absolute Gasteiger partial charge is 0.340 e. The van der Waals surface area contributed by atoms with Crippen LogP contribution in [-0.4, -0.2) is 37.5 Å². The van der Waals surface area contributed by atoms with Crippen LogP contribution in [0.4, 0.5) is 0 Å². The van der Waals surface area contributed by atoms with E-state index in [0.29, 0.717) is 5.69 Å². The molecule has 130 valence electrons. The van der Waals surface area contributed by atoms with Gasteiger partial charge in [0, 0.05) is 17.7 Å². The van der Waals surface area contributed by atoms with Crippen LogP contribution in [0.15, 0.2) is 30.3 Å². The molecule has 6 nitrogen and oxygen atoms in total. The van der Waals surface area contributed by atoms with Crippen molar-refractivity contribution in [2.45, 2.75) is 45.1 Å². The van der Waals surface area contributed by atoms with Crippen molar-refractivity contribution in [3.05, 3.63) is 47.5 Å². The van der Waals surface area contributed by atoms with Crippen LogP contribution in [0.1, 0.15) is 61.7 Å². The van der Waals surface area contributed by atoms with Gasteiger partial charge in [-0.1, -0.05) is 32.9 Å². The van der Waals surface area contributed by atoms with Crippen LogP contribution in [-0.2, 0) is 5.41 Å². The lowest BCUT2D eigenvalue weighted by Crippen LogP contribution is -2.31. The van der Waals surface area contributed by atoms with Crippen LogP contribution in [0.5, 0.6) is 0 Å². The highest BCUT2D eigenvalue weighted by molar-refractivity contribution is 5.93. The second-order valence-corrected chi connectivity index (χ2v) is 7.71. The Morgan fingerprint density at radius 1 is 1.28 bits per heavy atom. The van der Waals surface area contributed by atoms with Crippen molar-refractivity contribution in [1.29, 1.82) is 0 Å². The molecule has 1 saturated heterocycles. The van der Waals surface area contributed by atoms with Gasteiger partial charge < -0.3 is 9.88 Å². The van der Waals surface area contributed by atoms with E-state index in [1.807, 2.05) is 35.2 Å². The monoisotopic (exact) mass is 337 g/mol. The van der Waals surface area contributed by atoms with Crippen LogP contribution < -0.4 is 0 Å². The van der Waals surface area contributed by atoms with Crippen molar-refractivity contribution in [3.8, 4) is 0 Å². The molecule has 1 aromatic carbocycles. The van der Waals surface area contributed by atoms with E-state index in [1.54, 1.807) is 0 Å². The van der Waals surface area contributed by atoms with Crippen LogP contribution in [0.2, 0.25) is 0 Å². The lowest BCUT2D eigenvalue weighted by Gasteiger charge is -2.22. The molecule has 3 aromatic rings. The molecular formula is C19H23N5O. The first-order chi connectivity index (χ1) is 11.9. The number of likely N-dealkylation sites (tertiary alicyclic amines) is 1. The van der Waals surface area contributed by atoms with Crippen molar-refractivity contribution >= 4 is 16.9 Å². The maximum atomic E-state index is 13.0. The number of imidazole rings is 1. The van der Waals surface area contributed by atoms with E-state index in [9.17, 15) is 4.79 Å². The summed E-state index contributed by atoms with van der Waals surface area (Å²) in [6, 6.07) is 9.81. The quantitative estimate of drug-likeness (QED) is 0.750. The molecule has 1 aliphatic heterocycles. The minimum atomic E-state index is -0.0608. The third-order valence-corrected chi connectivity index (χ3v) is 4.84. The number of aromatic nitrogens is 4. The number of carbonyl (C=O) groups excluding carboxylic acids is 1. The molecule has 2 aromatic heterocycles. The standard InChI is InChI=1S/C19H23N5O/c1-19(2,3)16-11-14(22-23-16)18(25)24-10-6-9-15(24)17-20-12-7-4-5-8-13(12)21-17/h4-5,7-8,11,15H,6,9-10H2,1-3H3,(H,20,21)(H,22,23)/t15-/m0/s1. The molecular weight excluding hydrogens is 314 g/mol. The molecule has 0 aliphatic carbocycles. The summed E-state index contributed by atoms with van der Waals surface area (Å²) in [5.74, 6) is 0.827. The molecule has 1 aliphatic rings. The zero-order chi connectivity index (χ0) is 17.6. The van der Waals surface area contributed by atoms with Gasteiger partial charge in [0.1, 0.15) is 11.5 Å². The van der Waals surface area contributed by atoms with Gasteiger partial charge in [0.05, 0.1) is 17.1 Å². The average Bonchev–Trinajstić information content (AvgIpc) is 3.30. The molecule has 0 bridgehead atoms. The molecule has 0 saturated carbocycles. The van der Waals surface area contributed by atoms with Gasteiger partial charge in [0.2, 0.25) is 0 Å². The minimum absolute atomic E-state index is 0.0188. The lowest BCUT2D eigenvalue weighted by atomic mass is 9.92. The van der Waals surface area contributed by atoms with Crippen molar-refractivity contribution in [1.82, 2.24) is 25.1 Å². The first kappa shape index (κ1) is 15.9. The molecule has 3 heterocycles. The number of nitrogens with one attached hydrogen (secondary N) is 2. The second-order valence-electron chi connectivity index (χ2n) is 7.71. The summed E-state index contributed by atoms with van der Waals surface area (Å²) in [5, 5.41) is 7.26. The van der Waals surface area contributed by atoms with Gasteiger partial charge in [0.25, 0.3) is 5.91 Å². The first-order valence-corrected chi connectivity index (χ1v) is 8.75. The highest BCUT2D eigenvalue weighted by Crippen LogP contribution is 2.33. The number of benzene rings is 1. The molecule has 0 spiro atoms. The molecule has 6 heteroatoms. The number of amides is 1. The van der Waals surface area contributed by atoms with Crippen LogP contribution in [0.25, 0.3) is 11.0 Å². The summed E-state index contributed by atoms with van der Waals surface area (Å²) in [6.45, 7) is 7.03. The maximum Gasteiger partial charge on any atom is 0.274 e. The van der Waals surface area contributed by atoms with Gasteiger partial charge >= 0.3 is 0 Å². The zero-order valence-electron chi connectivity index (χ0n) is 14.8. The summed E-state index contributed by atoms with van der Waals surface area (Å²) in [7, 11) is 0. The van der Waals surface area contributed by atoms with Gasteiger partial charge in [-0.25, -0.2) is 4.98 Å². The summed E-state index contributed by atoms with van der Waals surface area (Å²) >= 11 is 0. The normalized spacial score (nSPS) is 18.2. The van der Waals surface area contributed by atoms with Crippen molar-refractivity contribution < 1.29 is 4.79 Å². The Morgan fingerprint density at radius 2 is 2.08 bits per heavy atom. The number of nitrogens with zero attached hydrogens (tertiary/aromatic N) is 3. The van der Waals surface area contributed by atoms with Gasteiger partial charge in [-0.2, -0.15) is 5.10 Å². The fourth-order valence-corrected chi connectivity index (χ4v) is 3.39. The van der Waals surface area contributed by atoms with Crippen LogP contribution in [0.3, 0.4) is 0 Å². The van der Waals surface area contributed by atoms with Gasteiger partial charge in [-0.3, -0.25) is 9.89 Å². The summed E-state index contributed by atoms with van der Waals surface area (Å²) in [6.07, 6.45) is 1.89. The highest BCUT2D eigenvalue weighted by Gasteiger charge is 2.34. The fraction of sp³-hybridized carbons (Fsp3) is 0.421. The number of hydrogen-bond donors (Lipinski definition) is 2. The number of aromatic amines is 2. The van der Waals surface area contributed by atoms with E-state index in [-0.39, 0.29) is 17.4 Å². The van der Waals surface area contributed by atoms with Crippen molar-refractivity contribution in [2.24, 2.45) is 0 Å². The van der Waals surface area contributed by atoms with Crippen LogP contribution in [0, 0.1) is 0 Å². The average molecular weight is 337 g/mol. The predicted octanol–water partition coefficient (Wildman–Crippen LogP) is 3.56. The minimum Gasteiger partial charge on any atom is -0.340 e. The summed E-state index contributed by atoms with van der Waals surface area (Å²) in [5.41, 5.74) is 3.33. The lowest BCUT2D eigenvalue weighted by molar-refractivity contribution is 0.0724. The predicted molar refractivity (Wildman–Crippen MR) is 96.4 cm³/mol. The molecule has 1 amide bonds. The van der Waals surface area contributed by atoms with E-state index >= 15 is 0 Å². The van der Waals surface area contributed by atoms with E-state index in [4.69, 9.17) is 0 Å². The number of hydrogen-bond acceptors (Lipinski definition) is 3. The number of carbonyl (C=O) groups is 1. The Morgan fingerprint density at radius 3 is 2.80 bits per heavy atom. The molecule has 2 N–H and O–H groups in total. The van der Waals surface area contributed by atoms with Crippen LogP contribution >= 0.6 is 0 Å². The maximum absolute atomic E-state index is 13.0. The fourth-order valence-electron chi connectivity index (χ4n) is 3.39. The first-order valence-electron chi connectivity index (χ1n) is 8.75. The van der Waals surface area contributed by atoms with Gasteiger partial charge in [-0.05, 0) is 31.0 Å². The Hall–Kier alpha value is -2.63. The smallest absolute Gasteiger partial charge is 0.274 e. The van der Waals surface area contributed by atoms with E-state index < -0.39 is 0 Å². The highest BCUT2D eigenvalue weighted by atomic mass is 16.2. The Labute approximate surface area is 146 Å². The van der Waals surface area contributed by atoms with Crippen molar-refractivity contribution in [2.75, 3.05) is 6.54 Å². The topological polar surface area (TPSA) is 77.7 Å². The summed E-state index contributed by atoms with van der Waals surface area (Å²) in [4.78, 5) is 22.9. The molecule has 4 rings (SSSR count).